The van der Waals surface area contributed by atoms with E-state index in [1.165, 1.54) is 0 Å². The van der Waals surface area contributed by atoms with Crippen LogP contribution in [0.15, 0.2) is 18.3 Å². The lowest BCUT2D eigenvalue weighted by Gasteiger charge is -2.14. The van der Waals surface area contributed by atoms with Gasteiger partial charge in [-0.05, 0) is 31.2 Å². The summed E-state index contributed by atoms with van der Waals surface area (Å²) in [6.07, 6.45) is 2.34. The van der Waals surface area contributed by atoms with Crippen LogP contribution in [0, 0.1) is 0 Å². The minimum absolute atomic E-state index is 0.144. The molecule has 0 aliphatic rings. The molecule has 72 valence electrons. The molecule has 0 bridgehead atoms. The Morgan fingerprint density at radius 1 is 1.69 bits per heavy atom. The van der Waals surface area contributed by atoms with Crippen LogP contribution in [0.4, 0.5) is 0 Å². The number of aromatic nitrogens is 1. The monoisotopic (exact) mass is 200 g/mol. The topological polar surface area (TPSA) is 45.1 Å². The summed E-state index contributed by atoms with van der Waals surface area (Å²) in [6, 6.07) is 3.84. The first-order valence-corrected chi connectivity index (χ1v) is 4.55. The second-order valence-electron chi connectivity index (χ2n) is 2.77. The van der Waals surface area contributed by atoms with E-state index in [9.17, 15) is 0 Å². The minimum Gasteiger partial charge on any atom is -0.396 e. The molecular weight excluding hydrogens is 188 g/mol. The van der Waals surface area contributed by atoms with Gasteiger partial charge in [0.25, 0.3) is 0 Å². The van der Waals surface area contributed by atoms with Gasteiger partial charge in [-0.15, -0.1) is 0 Å². The van der Waals surface area contributed by atoms with Crippen LogP contribution in [0.1, 0.15) is 18.0 Å². The Kier molecular flexibility index (Phi) is 4.15. The summed E-state index contributed by atoms with van der Waals surface area (Å²) < 4.78 is 0. The summed E-state index contributed by atoms with van der Waals surface area (Å²) in [5, 5.41) is 12.4. The number of pyridine rings is 1. The molecule has 1 atom stereocenters. The zero-order valence-electron chi connectivity index (χ0n) is 7.50. The third-order valence-electron chi connectivity index (χ3n) is 1.92. The molecule has 2 N–H and O–H groups in total. The van der Waals surface area contributed by atoms with Crippen molar-refractivity contribution >= 4 is 11.6 Å². The van der Waals surface area contributed by atoms with Crippen molar-refractivity contribution in [2.75, 3.05) is 13.7 Å². The highest BCUT2D eigenvalue weighted by molar-refractivity contribution is 6.29. The van der Waals surface area contributed by atoms with E-state index in [1.54, 1.807) is 12.3 Å². The lowest BCUT2D eigenvalue weighted by atomic mass is 10.1. The maximum atomic E-state index is 8.81. The van der Waals surface area contributed by atoms with Crippen LogP contribution in [0.5, 0.6) is 0 Å². The van der Waals surface area contributed by atoms with Crippen LogP contribution in [-0.4, -0.2) is 23.7 Å². The number of nitrogens with zero attached hydrogens (tertiary/aromatic N) is 1. The standard InChI is InChI=1S/C9H13ClN2O/c1-11-8(3-5-13)7-2-4-12-9(10)6-7/h2,4,6,8,11,13H,3,5H2,1H3/t8-/m1/s1. The number of hydrogen-bond acceptors (Lipinski definition) is 3. The summed E-state index contributed by atoms with van der Waals surface area (Å²) in [4.78, 5) is 3.89. The van der Waals surface area contributed by atoms with Crippen molar-refractivity contribution in [3.8, 4) is 0 Å². The van der Waals surface area contributed by atoms with Crippen molar-refractivity contribution in [3.63, 3.8) is 0 Å². The van der Waals surface area contributed by atoms with Crippen molar-refractivity contribution in [3.05, 3.63) is 29.0 Å². The molecule has 1 heterocycles. The van der Waals surface area contributed by atoms with Gasteiger partial charge in [0, 0.05) is 18.8 Å². The maximum absolute atomic E-state index is 8.81. The van der Waals surface area contributed by atoms with Gasteiger partial charge in [-0.25, -0.2) is 4.98 Å². The van der Waals surface area contributed by atoms with E-state index in [0.29, 0.717) is 11.6 Å². The molecule has 0 unspecified atom stereocenters. The van der Waals surface area contributed by atoms with E-state index in [1.807, 2.05) is 13.1 Å². The highest BCUT2D eigenvalue weighted by Crippen LogP contribution is 2.17. The number of rotatable bonds is 4. The Morgan fingerprint density at radius 3 is 3.00 bits per heavy atom. The predicted octanol–water partition coefficient (Wildman–Crippen LogP) is 1.38. The smallest absolute Gasteiger partial charge is 0.129 e. The Morgan fingerprint density at radius 2 is 2.46 bits per heavy atom. The third-order valence-corrected chi connectivity index (χ3v) is 2.13. The first-order chi connectivity index (χ1) is 6.27. The van der Waals surface area contributed by atoms with Gasteiger partial charge < -0.3 is 10.4 Å². The van der Waals surface area contributed by atoms with E-state index in [4.69, 9.17) is 16.7 Å². The largest absolute Gasteiger partial charge is 0.396 e. The number of halogens is 1. The number of aliphatic hydroxyl groups is 1. The van der Waals surface area contributed by atoms with Gasteiger partial charge in [-0.1, -0.05) is 11.6 Å². The fourth-order valence-corrected chi connectivity index (χ4v) is 1.42. The minimum atomic E-state index is 0.144. The SMILES string of the molecule is CN[C@H](CCO)c1ccnc(Cl)c1. The average molecular weight is 201 g/mol. The van der Waals surface area contributed by atoms with Crippen molar-refractivity contribution in [1.82, 2.24) is 10.3 Å². The van der Waals surface area contributed by atoms with Gasteiger partial charge in [-0.3, -0.25) is 0 Å². The van der Waals surface area contributed by atoms with Crippen LogP contribution < -0.4 is 5.32 Å². The van der Waals surface area contributed by atoms with Crippen molar-refractivity contribution in [2.45, 2.75) is 12.5 Å². The van der Waals surface area contributed by atoms with Crippen LogP contribution in [0.3, 0.4) is 0 Å². The zero-order valence-corrected chi connectivity index (χ0v) is 8.25. The molecule has 0 saturated carbocycles. The predicted molar refractivity (Wildman–Crippen MR) is 52.8 cm³/mol. The molecule has 0 saturated heterocycles. The maximum Gasteiger partial charge on any atom is 0.129 e. The van der Waals surface area contributed by atoms with E-state index in [0.717, 1.165) is 5.56 Å². The molecule has 3 nitrogen and oxygen atoms in total. The molecule has 0 amide bonds. The van der Waals surface area contributed by atoms with E-state index >= 15 is 0 Å². The van der Waals surface area contributed by atoms with Gasteiger partial charge in [0.1, 0.15) is 5.15 Å². The Labute approximate surface area is 82.8 Å². The Hall–Kier alpha value is -0.640. The van der Waals surface area contributed by atoms with Gasteiger partial charge in [0.05, 0.1) is 0 Å². The summed E-state index contributed by atoms with van der Waals surface area (Å²) in [7, 11) is 1.86. The van der Waals surface area contributed by atoms with Crippen LogP contribution in [0.2, 0.25) is 5.15 Å². The number of nitrogens with one attached hydrogen (secondary N) is 1. The van der Waals surface area contributed by atoms with Crippen LogP contribution >= 0.6 is 11.6 Å². The van der Waals surface area contributed by atoms with Crippen molar-refractivity contribution in [1.29, 1.82) is 0 Å². The molecule has 0 spiro atoms. The zero-order chi connectivity index (χ0) is 9.68. The molecule has 0 aliphatic carbocycles. The summed E-state index contributed by atoms with van der Waals surface area (Å²) in [5.41, 5.74) is 1.05. The summed E-state index contributed by atoms with van der Waals surface area (Å²) in [5.74, 6) is 0. The molecule has 0 fully saturated rings. The Balaban J connectivity index is 2.78. The van der Waals surface area contributed by atoms with E-state index in [2.05, 4.69) is 10.3 Å². The van der Waals surface area contributed by atoms with Crippen LogP contribution in [-0.2, 0) is 0 Å². The number of hydrogen-bond donors (Lipinski definition) is 2. The first-order valence-electron chi connectivity index (χ1n) is 4.17. The van der Waals surface area contributed by atoms with Gasteiger partial charge >= 0.3 is 0 Å². The van der Waals surface area contributed by atoms with Gasteiger partial charge in [0.15, 0.2) is 0 Å². The Bertz CT molecular complexity index is 268. The molecule has 1 rings (SSSR count). The lowest BCUT2D eigenvalue weighted by Crippen LogP contribution is -2.17. The third kappa shape index (κ3) is 2.95. The fraction of sp³-hybridized carbons (Fsp3) is 0.444. The molecule has 0 aromatic carbocycles. The van der Waals surface area contributed by atoms with Gasteiger partial charge in [-0.2, -0.15) is 0 Å². The second-order valence-corrected chi connectivity index (χ2v) is 3.15. The van der Waals surface area contributed by atoms with Gasteiger partial charge in [0.2, 0.25) is 0 Å². The molecular formula is C9H13ClN2O. The fourth-order valence-electron chi connectivity index (χ4n) is 1.24. The summed E-state index contributed by atoms with van der Waals surface area (Å²) in [6.45, 7) is 0.158. The van der Waals surface area contributed by atoms with E-state index in [-0.39, 0.29) is 12.6 Å². The molecule has 4 heteroatoms. The normalized spacial score (nSPS) is 12.8. The molecule has 0 radical (unpaired) electrons. The summed E-state index contributed by atoms with van der Waals surface area (Å²) >= 11 is 5.74. The molecule has 1 aromatic rings. The van der Waals surface area contributed by atoms with Crippen molar-refractivity contribution in [2.24, 2.45) is 0 Å². The quantitative estimate of drug-likeness (QED) is 0.722. The van der Waals surface area contributed by atoms with Crippen molar-refractivity contribution < 1.29 is 5.11 Å². The van der Waals surface area contributed by atoms with Crippen LogP contribution in [0.25, 0.3) is 0 Å². The lowest BCUT2D eigenvalue weighted by molar-refractivity contribution is 0.269. The van der Waals surface area contributed by atoms with E-state index < -0.39 is 0 Å². The molecule has 13 heavy (non-hydrogen) atoms. The highest BCUT2D eigenvalue weighted by Gasteiger charge is 2.08. The first kappa shape index (κ1) is 10.4. The second kappa shape index (κ2) is 5.17. The highest BCUT2D eigenvalue weighted by atomic mass is 35.5. The average Bonchev–Trinajstić information content (AvgIpc) is 2.14. The molecule has 0 aliphatic heterocycles. The number of aliphatic hydroxyl groups excluding tert-OH is 1. The molecule has 1 aromatic heterocycles.